The third-order valence-corrected chi connectivity index (χ3v) is 2.59. The molecule has 0 bridgehead atoms. The number of carbonyl (C=O) groups is 2. The first-order chi connectivity index (χ1) is 8.63. The molecule has 1 heterocycles. The second-order valence-corrected chi connectivity index (χ2v) is 3.81. The maximum atomic E-state index is 11.8. The van der Waals surface area contributed by atoms with E-state index in [4.69, 9.17) is 9.15 Å². The first kappa shape index (κ1) is 12.1. The number of rotatable bonds is 3. The van der Waals surface area contributed by atoms with Crippen LogP contribution in [0.2, 0.25) is 0 Å². The molecule has 2 rings (SSSR count). The van der Waals surface area contributed by atoms with Crippen molar-refractivity contribution in [2.24, 2.45) is 0 Å². The van der Waals surface area contributed by atoms with Crippen LogP contribution in [0.4, 0.5) is 0 Å². The Morgan fingerprint density at radius 1 is 1.39 bits per heavy atom. The summed E-state index contributed by atoms with van der Waals surface area (Å²) in [6, 6.07) is 3.51. The van der Waals surface area contributed by atoms with Crippen molar-refractivity contribution in [1.82, 2.24) is 0 Å². The molecule has 18 heavy (non-hydrogen) atoms. The van der Waals surface area contributed by atoms with E-state index in [1.807, 2.05) is 0 Å². The van der Waals surface area contributed by atoms with Crippen LogP contribution >= 0.6 is 0 Å². The molecule has 0 aromatic carbocycles. The SMILES string of the molecule is COC(/C=C/c1ccco1)=C1/C(=O)C=C(C)C1=O. The Hall–Kier alpha value is -2.36. The van der Waals surface area contributed by atoms with Gasteiger partial charge in [0.25, 0.3) is 0 Å². The topological polar surface area (TPSA) is 56.5 Å². The predicted octanol–water partition coefficient (Wildman–Crippen LogP) is 2.29. The van der Waals surface area contributed by atoms with Crippen molar-refractivity contribution < 1.29 is 18.7 Å². The van der Waals surface area contributed by atoms with Crippen LogP contribution in [0.15, 0.2) is 51.9 Å². The molecule has 0 amide bonds. The van der Waals surface area contributed by atoms with E-state index in [1.54, 1.807) is 31.2 Å². The van der Waals surface area contributed by atoms with Crippen LogP contribution < -0.4 is 0 Å². The summed E-state index contributed by atoms with van der Waals surface area (Å²) in [7, 11) is 1.42. The van der Waals surface area contributed by atoms with Gasteiger partial charge in [0.1, 0.15) is 17.1 Å². The molecule has 0 saturated carbocycles. The van der Waals surface area contributed by atoms with Crippen LogP contribution in [-0.2, 0) is 14.3 Å². The molecule has 0 fully saturated rings. The molecule has 0 aliphatic heterocycles. The third-order valence-electron chi connectivity index (χ3n) is 2.59. The van der Waals surface area contributed by atoms with Crippen LogP contribution in [0, 0.1) is 0 Å². The average molecular weight is 244 g/mol. The standard InChI is InChI=1S/C14H12O4/c1-9-8-11(15)13(14(9)16)12(17-2)6-5-10-4-3-7-18-10/h3-8H,1-2H3/b6-5+,13-12-. The summed E-state index contributed by atoms with van der Waals surface area (Å²) >= 11 is 0. The lowest BCUT2D eigenvalue weighted by Crippen LogP contribution is -2.07. The van der Waals surface area contributed by atoms with Gasteiger partial charge in [-0.1, -0.05) is 0 Å². The van der Waals surface area contributed by atoms with Crippen LogP contribution in [0.25, 0.3) is 6.08 Å². The highest BCUT2D eigenvalue weighted by Crippen LogP contribution is 2.22. The Labute approximate surface area is 104 Å². The summed E-state index contributed by atoms with van der Waals surface area (Å²) in [5.41, 5.74) is 0.494. The molecule has 4 nitrogen and oxygen atoms in total. The van der Waals surface area contributed by atoms with Gasteiger partial charge >= 0.3 is 0 Å². The van der Waals surface area contributed by atoms with Gasteiger partial charge in [0.15, 0.2) is 11.6 Å². The number of ether oxygens (including phenoxy) is 1. The predicted molar refractivity (Wildman–Crippen MR) is 65.5 cm³/mol. The van der Waals surface area contributed by atoms with Crippen molar-refractivity contribution in [1.29, 1.82) is 0 Å². The Morgan fingerprint density at radius 2 is 2.17 bits per heavy atom. The molecule has 0 radical (unpaired) electrons. The zero-order chi connectivity index (χ0) is 13.1. The number of Topliss-reactive ketones (excluding diaryl/α,β-unsaturated/α-hetero) is 1. The fourth-order valence-corrected chi connectivity index (χ4v) is 1.67. The summed E-state index contributed by atoms with van der Waals surface area (Å²) in [6.07, 6.45) is 6.05. The van der Waals surface area contributed by atoms with E-state index < -0.39 is 0 Å². The molecule has 0 N–H and O–H groups in total. The number of ketones is 2. The van der Waals surface area contributed by atoms with E-state index in [0.29, 0.717) is 11.3 Å². The summed E-state index contributed by atoms with van der Waals surface area (Å²) in [5, 5.41) is 0. The fraction of sp³-hybridized carbons (Fsp3) is 0.143. The molecule has 92 valence electrons. The molecule has 1 aliphatic carbocycles. The maximum Gasteiger partial charge on any atom is 0.196 e. The smallest absolute Gasteiger partial charge is 0.196 e. The third kappa shape index (κ3) is 2.18. The number of furan rings is 1. The maximum absolute atomic E-state index is 11.8. The number of methoxy groups -OCH3 is 1. The molecule has 0 saturated heterocycles. The van der Waals surface area contributed by atoms with Crippen molar-refractivity contribution in [3.63, 3.8) is 0 Å². The zero-order valence-corrected chi connectivity index (χ0v) is 10.1. The van der Waals surface area contributed by atoms with Crippen molar-refractivity contribution >= 4 is 17.6 Å². The van der Waals surface area contributed by atoms with Gasteiger partial charge in [0, 0.05) is 5.57 Å². The Kier molecular flexibility index (Phi) is 3.28. The van der Waals surface area contributed by atoms with E-state index in [0.717, 1.165) is 0 Å². The van der Waals surface area contributed by atoms with Crippen molar-refractivity contribution in [3.8, 4) is 0 Å². The Morgan fingerprint density at radius 3 is 2.67 bits per heavy atom. The van der Waals surface area contributed by atoms with E-state index in [9.17, 15) is 9.59 Å². The van der Waals surface area contributed by atoms with Crippen molar-refractivity contribution in [2.75, 3.05) is 7.11 Å². The van der Waals surface area contributed by atoms with Gasteiger partial charge < -0.3 is 9.15 Å². The Balaban J connectivity index is 2.34. The van der Waals surface area contributed by atoms with Crippen LogP contribution in [-0.4, -0.2) is 18.7 Å². The zero-order valence-electron chi connectivity index (χ0n) is 10.1. The summed E-state index contributed by atoms with van der Waals surface area (Å²) < 4.78 is 10.2. The number of allylic oxidation sites excluding steroid dienone is 4. The minimum Gasteiger partial charge on any atom is -0.496 e. The summed E-state index contributed by atoms with van der Waals surface area (Å²) in [6.45, 7) is 1.61. The van der Waals surface area contributed by atoms with E-state index >= 15 is 0 Å². The molecule has 1 aromatic heterocycles. The quantitative estimate of drug-likeness (QED) is 0.465. The molecular weight excluding hydrogens is 232 g/mol. The molecule has 1 aromatic rings. The first-order valence-electron chi connectivity index (χ1n) is 5.40. The average Bonchev–Trinajstić information content (AvgIpc) is 2.93. The van der Waals surface area contributed by atoms with Gasteiger partial charge in [-0.3, -0.25) is 9.59 Å². The van der Waals surface area contributed by atoms with Gasteiger partial charge in [-0.15, -0.1) is 0 Å². The largest absolute Gasteiger partial charge is 0.496 e. The van der Waals surface area contributed by atoms with E-state index in [1.165, 1.54) is 19.4 Å². The lowest BCUT2D eigenvalue weighted by molar-refractivity contribution is -0.116. The lowest BCUT2D eigenvalue weighted by atomic mass is 10.1. The van der Waals surface area contributed by atoms with Gasteiger partial charge in [0.05, 0.1) is 13.4 Å². The molecular formula is C14H12O4. The normalized spacial score (nSPS) is 18.4. The fourth-order valence-electron chi connectivity index (χ4n) is 1.67. The van der Waals surface area contributed by atoms with Crippen LogP contribution in [0.3, 0.4) is 0 Å². The highest BCUT2D eigenvalue weighted by atomic mass is 16.5. The van der Waals surface area contributed by atoms with Crippen LogP contribution in [0.5, 0.6) is 0 Å². The van der Waals surface area contributed by atoms with E-state index in [-0.39, 0.29) is 22.9 Å². The second-order valence-electron chi connectivity index (χ2n) is 3.81. The molecule has 0 atom stereocenters. The molecule has 4 heteroatoms. The minimum absolute atomic E-state index is 0.0674. The number of hydrogen-bond acceptors (Lipinski definition) is 4. The highest BCUT2D eigenvalue weighted by Gasteiger charge is 2.29. The van der Waals surface area contributed by atoms with Crippen molar-refractivity contribution in [2.45, 2.75) is 6.92 Å². The van der Waals surface area contributed by atoms with Gasteiger partial charge in [0.2, 0.25) is 0 Å². The Bertz CT molecular complexity index is 571. The van der Waals surface area contributed by atoms with E-state index in [2.05, 4.69) is 0 Å². The summed E-state index contributed by atoms with van der Waals surface area (Å²) in [5.74, 6) is 0.251. The number of carbonyl (C=O) groups excluding carboxylic acids is 2. The van der Waals surface area contributed by atoms with Crippen LogP contribution in [0.1, 0.15) is 12.7 Å². The molecule has 0 unspecified atom stereocenters. The van der Waals surface area contributed by atoms with Gasteiger partial charge in [-0.05, 0) is 37.3 Å². The highest BCUT2D eigenvalue weighted by molar-refractivity contribution is 6.36. The van der Waals surface area contributed by atoms with Crippen molar-refractivity contribution in [3.05, 3.63) is 53.2 Å². The minimum atomic E-state index is -0.321. The first-order valence-corrected chi connectivity index (χ1v) is 5.40. The monoisotopic (exact) mass is 244 g/mol. The van der Waals surface area contributed by atoms with Gasteiger partial charge in [-0.25, -0.2) is 0 Å². The number of hydrogen-bond donors (Lipinski definition) is 0. The second kappa shape index (κ2) is 4.87. The lowest BCUT2D eigenvalue weighted by Gasteiger charge is -2.03. The van der Waals surface area contributed by atoms with Gasteiger partial charge in [-0.2, -0.15) is 0 Å². The molecule has 1 aliphatic rings. The summed E-state index contributed by atoms with van der Waals surface area (Å²) in [4.78, 5) is 23.5. The molecule has 0 spiro atoms.